The molecule has 1 fully saturated rings. The van der Waals surface area contributed by atoms with Crippen molar-refractivity contribution in [2.45, 2.75) is 96.8 Å². The van der Waals surface area contributed by atoms with Crippen molar-refractivity contribution in [1.29, 1.82) is 0 Å². The Kier molecular flexibility index (Phi) is 7.54. The maximum Gasteiger partial charge on any atom is 0.0174 e. The van der Waals surface area contributed by atoms with Crippen LogP contribution >= 0.6 is 0 Å². The third-order valence-electron chi connectivity index (χ3n) is 5.20. The van der Waals surface area contributed by atoms with E-state index in [2.05, 4.69) is 11.8 Å². The van der Waals surface area contributed by atoms with E-state index in [9.17, 15) is 0 Å². The Labute approximate surface area is 126 Å². The summed E-state index contributed by atoms with van der Waals surface area (Å²) < 4.78 is 0. The molecule has 0 N–H and O–H groups in total. The van der Waals surface area contributed by atoms with Crippen LogP contribution in [0.3, 0.4) is 0 Å². The minimum absolute atomic E-state index is 1.33. The van der Waals surface area contributed by atoms with Crippen molar-refractivity contribution in [3.63, 3.8) is 0 Å². The quantitative estimate of drug-likeness (QED) is 0.521. The second kappa shape index (κ2) is 9.47. The van der Waals surface area contributed by atoms with Gasteiger partial charge in [-0.2, -0.15) is 0 Å². The van der Waals surface area contributed by atoms with Gasteiger partial charge in [0, 0.05) is 18.8 Å². The number of nitrogens with zero attached hydrogens (tertiary/aromatic N) is 1. The molecular weight excluding hydrogens is 242 g/mol. The van der Waals surface area contributed by atoms with Crippen molar-refractivity contribution in [2.75, 3.05) is 13.1 Å². The Bertz CT molecular complexity index is 292. The first-order valence-corrected chi connectivity index (χ1v) is 9.31. The molecule has 0 saturated carbocycles. The van der Waals surface area contributed by atoms with Gasteiger partial charge in [0.1, 0.15) is 0 Å². The molecule has 1 heteroatoms. The van der Waals surface area contributed by atoms with Gasteiger partial charge in [-0.15, -0.1) is 0 Å². The summed E-state index contributed by atoms with van der Waals surface area (Å²) in [6.07, 6.45) is 20.0. The van der Waals surface area contributed by atoms with Gasteiger partial charge in [0.05, 0.1) is 0 Å². The zero-order valence-corrected chi connectivity index (χ0v) is 13.8. The fourth-order valence-corrected chi connectivity index (χ4v) is 3.87. The lowest BCUT2D eigenvalue weighted by Gasteiger charge is -2.31. The van der Waals surface area contributed by atoms with E-state index in [-0.39, 0.29) is 0 Å². The highest BCUT2D eigenvalue weighted by molar-refractivity contribution is 5.12. The summed E-state index contributed by atoms with van der Waals surface area (Å²) in [6, 6.07) is 0. The average Bonchev–Trinajstić information content (AvgIpc) is 2.43. The van der Waals surface area contributed by atoms with Gasteiger partial charge in [-0.05, 0) is 45.4 Å². The van der Waals surface area contributed by atoms with Gasteiger partial charge in [0.2, 0.25) is 0 Å². The van der Waals surface area contributed by atoms with Gasteiger partial charge in [-0.1, -0.05) is 56.9 Å². The van der Waals surface area contributed by atoms with Crippen LogP contribution in [0, 0.1) is 0 Å². The number of fused-ring (bicyclic) bond motifs is 1. The molecule has 0 radical (unpaired) electrons. The lowest BCUT2D eigenvalue weighted by atomic mass is 9.99. The van der Waals surface area contributed by atoms with Crippen molar-refractivity contribution in [3.8, 4) is 0 Å². The van der Waals surface area contributed by atoms with Crippen LogP contribution in [0.5, 0.6) is 0 Å². The highest BCUT2D eigenvalue weighted by Crippen LogP contribution is 2.26. The SMILES string of the molecule is C/C1=C2\CCCCCCN2CCCCCCCCCC1. The van der Waals surface area contributed by atoms with E-state index in [4.69, 9.17) is 0 Å². The second-order valence-corrected chi connectivity index (χ2v) is 6.96. The molecule has 116 valence electrons. The van der Waals surface area contributed by atoms with E-state index in [0.717, 1.165) is 0 Å². The predicted octanol–water partition coefficient (Wildman–Crippen LogP) is 6.05. The lowest BCUT2D eigenvalue weighted by molar-refractivity contribution is 0.294. The second-order valence-electron chi connectivity index (χ2n) is 6.96. The lowest BCUT2D eigenvalue weighted by Crippen LogP contribution is -2.27. The Morgan fingerprint density at radius 3 is 1.60 bits per heavy atom. The number of hydrogen-bond donors (Lipinski definition) is 0. The van der Waals surface area contributed by atoms with Crippen LogP contribution in [0.25, 0.3) is 0 Å². The largest absolute Gasteiger partial charge is 0.375 e. The topological polar surface area (TPSA) is 3.24 Å². The van der Waals surface area contributed by atoms with E-state index in [1.165, 1.54) is 103 Å². The van der Waals surface area contributed by atoms with Gasteiger partial charge in [0.25, 0.3) is 0 Å². The zero-order chi connectivity index (χ0) is 14.0. The molecule has 2 rings (SSSR count). The van der Waals surface area contributed by atoms with E-state index < -0.39 is 0 Å². The molecule has 0 spiro atoms. The molecule has 0 aromatic heterocycles. The first-order valence-electron chi connectivity index (χ1n) is 9.31. The zero-order valence-electron chi connectivity index (χ0n) is 13.8. The van der Waals surface area contributed by atoms with Crippen molar-refractivity contribution in [3.05, 3.63) is 11.3 Å². The van der Waals surface area contributed by atoms with Crippen molar-refractivity contribution >= 4 is 0 Å². The van der Waals surface area contributed by atoms with Crippen LogP contribution in [0.2, 0.25) is 0 Å². The fraction of sp³-hybridized carbons (Fsp3) is 0.895. The minimum atomic E-state index is 1.33. The van der Waals surface area contributed by atoms with Gasteiger partial charge in [-0.3, -0.25) is 0 Å². The average molecular weight is 277 g/mol. The third-order valence-corrected chi connectivity index (χ3v) is 5.20. The standard InChI is InChI=1S/C19H35N/c1-18-14-10-6-4-2-3-5-8-12-16-20-17-13-9-7-11-15-19(18)20/h2-17H2,1H3/b19-18-. The van der Waals surface area contributed by atoms with Gasteiger partial charge in [0.15, 0.2) is 0 Å². The molecule has 0 atom stereocenters. The van der Waals surface area contributed by atoms with Gasteiger partial charge >= 0.3 is 0 Å². The van der Waals surface area contributed by atoms with Gasteiger partial charge < -0.3 is 4.90 Å². The summed E-state index contributed by atoms with van der Waals surface area (Å²) in [4.78, 5) is 2.77. The first kappa shape index (κ1) is 15.9. The summed E-state index contributed by atoms with van der Waals surface area (Å²) >= 11 is 0. The van der Waals surface area contributed by atoms with Crippen LogP contribution in [0.1, 0.15) is 96.8 Å². The van der Waals surface area contributed by atoms with Crippen LogP contribution in [0.4, 0.5) is 0 Å². The fourth-order valence-electron chi connectivity index (χ4n) is 3.87. The summed E-state index contributed by atoms with van der Waals surface area (Å²) in [6.45, 7) is 5.07. The third kappa shape index (κ3) is 5.50. The minimum Gasteiger partial charge on any atom is -0.375 e. The molecule has 2 aliphatic heterocycles. The molecule has 2 heterocycles. The van der Waals surface area contributed by atoms with E-state index in [0.29, 0.717) is 0 Å². The summed E-state index contributed by atoms with van der Waals surface area (Å²) in [5.74, 6) is 0. The Hall–Kier alpha value is -0.460. The Morgan fingerprint density at radius 1 is 0.550 bits per heavy atom. The molecule has 0 bridgehead atoms. The molecule has 0 aromatic rings. The molecular formula is C19H35N. The van der Waals surface area contributed by atoms with Crippen molar-refractivity contribution in [1.82, 2.24) is 4.90 Å². The maximum atomic E-state index is 2.77. The Morgan fingerprint density at radius 2 is 1.00 bits per heavy atom. The number of rotatable bonds is 0. The summed E-state index contributed by atoms with van der Waals surface area (Å²) in [5, 5.41) is 0. The highest BCUT2D eigenvalue weighted by Gasteiger charge is 2.14. The van der Waals surface area contributed by atoms with Crippen LogP contribution in [-0.2, 0) is 0 Å². The molecule has 0 unspecified atom stereocenters. The van der Waals surface area contributed by atoms with E-state index >= 15 is 0 Å². The number of allylic oxidation sites excluding steroid dienone is 2. The number of hydrogen-bond acceptors (Lipinski definition) is 1. The maximum absolute atomic E-state index is 2.77. The Balaban J connectivity index is 2.02. The van der Waals surface area contributed by atoms with Crippen LogP contribution in [0.15, 0.2) is 11.3 Å². The summed E-state index contributed by atoms with van der Waals surface area (Å²) in [5.41, 5.74) is 3.45. The molecule has 0 aliphatic carbocycles. The van der Waals surface area contributed by atoms with E-state index in [1.807, 2.05) is 0 Å². The normalized spacial score (nSPS) is 28.4. The van der Waals surface area contributed by atoms with Gasteiger partial charge in [-0.25, -0.2) is 0 Å². The molecule has 0 aromatic carbocycles. The monoisotopic (exact) mass is 277 g/mol. The smallest absolute Gasteiger partial charge is 0.0174 e. The predicted molar refractivity (Wildman–Crippen MR) is 88.9 cm³/mol. The molecule has 0 amide bonds. The molecule has 1 saturated heterocycles. The van der Waals surface area contributed by atoms with Crippen LogP contribution < -0.4 is 0 Å². The molecule has 20 heavy (non-hydrogen) atoms. The highest BCUT2D eigenvalue weighted by atomic mass is 15.1. The molecule has 1 nitrogen and oxygen atoms in total. The van der Waals surface area contributed by atoms with Crippen molar-refractivity contribution < 1.29 is 0 Å². The van der Waals surface area contributed by atoms with Crippen molar-refractivity contribution in [2.24, 2.45) is 0 Å². The first-order chi connectivity index (χ1) is 9.88. The summed E-state index contributed by atoms with van der Waals surface area (Å²) in [7, 11) is 0. The van der Waals surface area contributed by atoms with Crippen LogP contribution in [-0.4, -0.2) is 18.0 Å². The molecule has 2 aliphatic rings. The van der Waals surface area contributed by atoms with E-state index in [1.54, 1.807) is 11.3 Å².